The van der Waals surface area contributed by atoms with Crippen molar-refractivity contribution in [2.45, 2.75) is 6.29 Å². The maximum absolute atomic E-state index is 5.94. The molecule has 0 aliphatic carbocycles. The Bertz CT molecular complexity index is 379. The number of benzene rings is 1. The van der Waals surface area contributed by atoms with Gasteiger partial charge in [-0.3, -0.25) is 0 Å². The molecule has 0 N–H and O–H groups in total. The van der Waals surface area contributed by atoms with Gasteiger partial charge in [0.1, 0.15) is 0 Å². The van der Waals surface area contributed by atoms with E-state index >= 15 is 0 Å². The molecule has 0 aromatic heterocycles. The quantitative estimate of drug-likeness (QED) is 0.541. The average Bonchev–Trinajstić information content (AvgIpc) is 2.33. The maximum Gasteiger partial charge on any atom is 0.184 e. The first-order valence-corrected chi connectivity index (χ1v) is 5.84. The van der Waals surface area contributed by atoms with Crippen LogP contribution in [0.5, 0.6) is 0 Å². The lowest BCUT2D eigenvalue weighted by Gasteiger charge is -2.17. The van der Waals surface area contributed by atoms with E-state index in [-0.39, 0.29) is 0 Å². The van der Waals surface area contributed by atoms with Crippen LogP contribution in [-0.2, 0) is 9.47 Å². The van der Waals surface area contributed by atoms with Crippen molar-refractivity contribution >= 4 is 23.2 Å². The highest BCUT2D eigenvalue weighted by molar-refractivity contribution is 6.42. The van der Waals surface area contributed by atoms with Crippen LogP contribution in [0.2, 0.25) is 10.0 Å². The topological polar surface area (TPSA) is 18.5 Å². The molecule has 4 heteroatoms. The van der Waals surface area contributed by atoms with Crippen LogP contribution < -0.4 is 0 Å². The summed E-state index contributed by atoms with van der Waals surface area (Å²) in [6, 6.07) is 5.24. The monoisotopic (exact) mass is 272 g/mol. The van der Waals surface area contributed by atoms with Gasteiger partial charge in [-0.15, -0.1) is 13.2 Å². The second-order valence-electron chi connectivity index (χ2n) is 3.25. The summed E-state index contributed by atoms with van der Waals surface area (Å²) in [4.78, 5) is 0. The Labute approximate surface area is 111 Å². The minimum absolute atomic E-state index is 0.391. The Morgan fingerprint density at radius 1 is 1.06 bits per heavy atom. The summed E-state index contributed by atoms with van der Waals surface area (Å²) in [5.41, 5.74) is 0.808. The predicted molar refractivity (Wildman–Crippen MR) is 71.5 cm³/mol. The van der Waals surface area contributed by atoms with Gasteiger partial charge in [0.25, 0.3) is 0 Å². The molecule has 0 amide bonds. The molecule has 1 rings (SSSR count). The third-order valence-corrected chi connectivity index (χ3v) is 2.69. The number of ether oxygens (including phenoxy) is 2. The zero-order valence-corrected chi connectivity index (χ0v) is 10.9. The van der Waals surface area contributed by atoms with Crippen molar-refractivity contribution in [2.24, 2.45) is 0 Å². The first-order chi connectivity index (χ1) is 8.19. The maximum atomic E-state index is 5.94. The van der Waals surface area contributed by atoms with Gasteiger partial charge in [-0.1, -0.05) is 41.4 Å². The van der Waals surface area contributed by atoms with E-state index in [4.69, 9.17) is 32.7 Å². The highest BCUT2D eigenvalue weighted by Crippen LogP contribution is 2.27. The van der Waals surface area contributed by atoms with Gasteiger partial charge >= 0.3 is 0 Å². The summed E-state index contributed by atoms with van der Waals surface area (Å²) in [6.07, 6.45) is 2.81. The molecule has 17 heavy (non-hydrogen) atoms. The first-order valence-electron chi connectivity index (χ1n) is 5.09. The fourth-order valence-corrected chi connectivity index (χ4v) is 1.52. The number of hydrogen-bond donors (Lipinski definition) is 0. The van der Waals surface area contributed by atoms with Crippen molar-refractivity contribution in [2.75, 3.05) is 13.2 Å². The molecular weight excluding hydrogens is 259 g/mol. The van der Waals surface area contributed by atoms with E-state index in [0.717, 1.165) is 5.56 Å². The van der Waals surface area contributed by atoms with E-state index in [2.05, 4.69) is 13.2 Å². The van der Waals surface area contributed by atoms with Crippen LogP contribution in [-0.4, -0.2) is 13.2 Å². The van der Waals surface area contributed by atoms with Gasteiger partial charge in [0.15, 0.2) is 6.29 Å². The molecule has 0 bridgehead atoms. The summed E-state index contributed by atoms with van der Waals surface area (Å²) in [5.74, 6) is 0. The van der Waals surface area contributed by atoms with Crippen LogP contribution >= 0.6 is 23.2 Å². The Kier molecular flexibility index (Phi) is 6.30. The lowest BCUT2D eigenvalue weighted by atomic mass is 10.2. The van der Waals surface area contributed by atoms with E-state index in [9.17, 15) is 0 Å². The molecule has 92 valence electrons. The lowest BCUT2D eigenvalue weighted by Crippen LogP contribution is -2.09. The van der Waals surface area contributed by atoms with E-state index in [1.165, 1.54) is 0 Å². The third kappa shape index (κ3) is 4.52. The summed E-state index contributed by atoms with van der Waals surface area (Å²) < 4.78 is 11.0. The van der Waals surface area contributed by atoms with Crippen molar-refractivity contribution in [1.82, 2.24) is 0 Å². The average molecular weight is 273 g/mol. The Hall–Kier alpha value is -0.800. The largest absolute Gasteiger partial charge is 0.344 e. The minimum Gasteiger partial charge on any atom is -0.344 e. The summed E-state index contributed by atoms with van der Waals surface area (Å²) in [7, 11) is 0. The van der Waals surface area contributed by atoms with Crippen LogP contribution in [0, 0.1) is 0 Å². The molecule has 1 aromatic carbocycles. The molecule has 2 nitrogen and oxygen atoms in total. The Balaban J connectivity index is 2.82. The Morgan fingerprint density at radius 2 is 1.65 bits per heavy atom. The van der Waals surface area contributed by atoms with Crippen LogP contribution in [0.1, 0.15) is 11.9 Å². The minimum atomic E-state index is -0.499. The van der Waals surface area contributed by atoms with Gasteiger partial charge in [0.05, 0.1) is 23.3 Å². The summed E-state index contributed by atoms with van der Waals surface area (Å²) in [5, 5.41) is 0.972. The van der Waals surface area contributed by atoms with Gasteiger partial charge in [-0.05, 0) is 12.1 Å². The van der Waals surface area contributed by atoms with Crippen LogP contribution in [0.15, 0.2) is 43.5 Å². The van der Waals surface area contributed by atoms with Gasteiger partial charge in [-0.25, -0.2) is 0 Å². The molecule has 0 aliphatic heterocycles. The van der Waals surface area contributed by atoms with Gasteiger partial charge in [-0.2, -0.15) is 0 Å². The molecule has 0 atom stereocenters. The molecule has 0 unspecified atom stereocenters. The zero-order chi connectivity index (χ0) is 12.7. The van der Waals surface area contributed by atoms with Gasteiger partial charge < -0.3 is 9.47 Å². The first kappa shape index (κ1) is 14.3. The van der Waals surface area contributed by atoms with E-state index in [1.807, 2.05) is 6.07 Å². The molecule has 0 fully saturated rings. The normalized spacial score (nSPS) is 10.5. The molecule has 0 spiro atoms. The number of hydrogen-bond acceptors (Lipinski definition) is 2. The van der Waals surface area contributed by atoms with E-state index in [0.29, 0.717) is 23.3 Å². The smallest absolute Gasteiger partial charge is 0.184 e. The third-order valence-electron chi connectivity index (χ3n) is 1.95. The molecule has 0 saturated heterocycles. The molecule has 0 saturated carbocycles. The summed E-state index contributed by atoms with van der Waals surface area (Å²) >= 11 is 11.8. The van der Waals surface area contributed by atoms with Crippen LogP contribution in [0.3, 0.4) is 0 Å². The predicted octanol–water partition coefficient (Wildman–Crippen LogP) is 4.40. The molecular formula is C13H14Cl2O2. The van der Waals surface area contributed by atoms with Crippen molar-refractivity contribution in [3.8, 4) is 0 Å². The molecule has 0 heterocycles. The second kappa shape index (κ2) is 7.51. The highest BCUT2D eigenvalue weighted by Gasteiger charge is 2.12. The fraction of sp³-hybridized carbons (Fsp3) is 0.231. The van der Waals surface area contributed by atoms with E-state index in [1.54, 1.807) is 24.3 Å². The number of halogens is 2. The zero-order valence-electron chi connectivity index (χ0n) is 9.36. The van der Waals surface area contributed by atoms with Gasteiger partial charge in [0, 0.05) is 5.56 Å². The SMILES string of the molecule is C=CCOC(OCC=C)c1ccc(Cl)c(Cl)c1. The second-order valence-corrected chi connectivity index (χ2v) is 4.06. The van der Waals surface area contributed by atoms with Crippen molar-refractivity contribution in [3.63, 3.8) is 0 Å². The molecule has 1 aromatic rings. The van der Waals surface area contributed by atoms with Gasteiger partial charge in [0.2, 0.25) is 0 Å². The molecule has 0 radical (unpaired) electrons. The van der Waals surface area contributed by atoms with Crippen molar-refractivity contribution < 1.29 is 9.47 Å². The van der Waals surface area contributed by atoms with Crippen molar-refractivity contribution in [3.05, 3.63) is 59.1 Å². The molecule has 0 aliphatic rings. The Morgan fingerprint density at radius 3 is 2.12 bits per heavy atom. The standard InChI is InChI=1S/C13H14Cl2O2/c1-3-7-16-13(17-8-4-2)10-5-6-11(14)12(15)9-10/h3-6,9,13H,1-2,7-8H2. The van der Waals surface area contributed by atoms with Crippen molar-refractivity contribution in [1.29, 1.82) is 0 Å². The fourth-order valence-electron chi connectivity index (χ4n) is 1.21. The lowest BCUT2D eigenvalue weighted by molar-refractivity contribution is -0.131. The summed E-state index contributed by atoms with van der Waals surface area (Å²) in [6.45, 7) is 7.96. The highest BCUT2D eigenvalue weighted by atomic mass is 35.5. The number of rotatable bonds is 7. The van der Waals surface area contributed by atoms with Crippen LogP contribution in [0.25, 0.3) is 0 Å². The van der Waals surface area contributed by atoms with E-state index < -0.39 is 6.29 Å². The van der Waals surface area contributed by atoms with Crippen LogP contribution in [0.4, 0.5) is 0 Å².